The molecule has 1 aromatic rings. The van der Waals surface area contributed by atoms with Crippen LogP contribution in [-0.4, -0.2) is 25.2 Å². The number of benzene rings is 1. The molecule has 0 saturated heterocycles. The molecule has 0 saturated carbocycles. The predicted molar refractivity (Wildman–Crippen MR) is 65.2 cm³/mol. The van der Waals surface area contributed by atoms with E-state index in [0.717, 1.165) is 0 Å². The molecule has 17 heavy (non-hydrogen) atoms. The molecule has 0 radical (unpaired) electrons. The van der Waals surface area contributed by atoms with Crippen molar-refractivity contribution >= 4 is 27.4 Å². The van der Waals surface area contributed by atoms with Gasteiger partial charge >= 0.3 is 5.97 Å². The van der Waals surface area contributed by atoms with Crippen LogP contribution in [0.3, 0.4) is 0 Å². The Labute approximate surface area is 105 Å². The Kier molecular flexibility index (Phi) is 4.16. The van der Waals surface area contributed by atoms with E-state index in [1.165, 1.54) is 32.0 Å². The maximum Gasteiger partial charge on any atom is 0.310 e. The Morgan fingerprint density at radius 3 is 2.47 bits per heavy atom. The molecule has 0 aromatic heterocycles. The predicted octanol–water partition coefficient (Wildman–Crippen LogP) is 2.32. The van der Waals surface area contributed by atoms with Gasteiger partial charge in [-0.3, -0.25) is 4.79 Å². The molecule has 0 aliphatic heterocycles. The van der Waals surface area contributed by atoms with Crippen LogP contribution in [0.4, 0.5) is 0 Å². The third-order valence-corrected chi connectivity index (χ3v) is 4.75. The second kappa shape index (κ2) is 5.06. The molecule has 1 rings (SSSR count). The summed E-state index contributed by atoms with van der Waals surface area (Å²) in [5, 5.41) is 8.91. The van der Waals surface area contributed by atoms with E-state index >= 15 is 0 Å². The van der Waals surface area contributed by atoms with Crippen molar-refractivity contribution in [2.45, 2.75) is 24.7 Å². The topological polar surface area (TPSA) is 71.4 Å². The van der Waals surface area contributed by atoms with Crippen molar-refractivity contribution in [3.63, 3.8) is 0 Å². The summed E-state index contributed by atoms with van der Waals surface area (Å²) in [6, 6.07) is 4.23. The highest BCUT2D eigenvalue weighted by atomic mass is 35.5. The molecule has 94 valence electrons. The molecule has 0 fully saturated rings. The van der Waals surface area contributed by atoms with Crippen molar-refractivity contribution in [2.75, 3.05) is 5.75 Å². The van der Waals surface area contributed by atoms with Gasteiger partial charge in [0, 0.05) is 0 Å². The Morgan fingerprint density at radius 2 is 2.06 bits per heavy atom. The molecule has 0 amide bonds. The van der Waals surface area contributed by atoms with Crippen LogP contribution in [0.25, 0.3) is 0 Å². The van der Waals surface area contributed by atoms with Crippen molar-refractivity contribution in [2.24, 2.45) is 0 Å². The van der Waals surface area contributed by atoms with E-state index in [1.807, 2.05) is 0 Å². The van der Waals surface area contributed by atoms with Gasteiger partial charge in [-0.15, -0.1) is 0 Å². The van der Waals surface area contributed by atoms with Crippen molar-refractivity contribution in [1.82, 2.24) is 0 Å². The van der Waals surface area contributed by atoms with Crippen LogP contribution in [0.5, 0.6) is 0 Å². The molecule has 0 spiro atoms. The summed E-state index contributed by atoms with van der Waals surface area (Å²) in [5.74, 6) is -1.74. The number of carboxylic acids is 1. The summed E-state index contributed by atoms with van der Waals surface area (Å²) in [5.41, 5.74) is 0.484. The third kappa shape index (κ3) is 2.98. The summed E-state index contributed by atoms with van der Waals surface area (Å²) in [4.78, 5) is 10.8. The molecule has 1 atom stereocenters. The van der Waals surface area contributed by atoms with E-state index in [4.69, 9.17) is 16.7 Å². The Morgan fingerprint density at radius 1 is 1.47 bits per heavy atom. The monoisotopic (exact) mass is 276 g/mol. The lowest BCUT2D eigenvalue weighted by Crippen LogP contribution is -2.09. The zero-order chi connectivity index (χ0) is 13.2. The molecule has 1 aromatic carbocycles. The molecule has 1 N–H and O–H groups in total. The van der Waals surface area contributed by atoms with Crippen molar-refractivity contribution < 1.29 is 18.3 Å². The molecule has 4 nitrogen and oxygen atoms in total. The normalized spacial score (nSPS) is 13.4. The van der Waals surface area contributed by atoms with Gasteiger partial charge in [0.2, 0.25) is 0 Å². The third-order valence-electron chi connectivity index (χ3n) is 2.54. The Balaban J connectivity index is 3.24. The maximum absolute atomic E-state index is 11.6. The first-order valence-corrected chi connectivity index (χ1v) is 7.07. The number of carbonyl (C=O) groups is 1. The first-order valence-electron chi connectivity index (χ1n) is 5.04. The first-order chi connectivity index (χ1) is 7.79. The van der Waals surface area contributed by atoms with Crippen molar-refractivity contribution in [1.29, 1.82) is 0 Å². The summed E-state index contributed by atoms with van der Waals surface area (Å²) in [6.07, 6.45) is 0. The van der Waals surface area contributed by atoms with Gasteiger partial charge in [0.25, 0.3) is 0 Å². The molecular weight excluding hydrogens is 264 g/mol. The second-order valence-corrected chi connectivity index (χ2v) is 6.31. The van der Waals surface area contributed by atoms with Gasteiger partial charge in [0.15, 0.2) is 9.84 Å². The Hall–Kier alpha value is -1.07. The lowest BCUT2D eigenvalue weighted by molar-refractivity contribution is -0.138. The lowest BCUT2D eigenvalue weighted by atomic mass is 10.0. The summed E-state index contributed by atoms with van der Waals surface area (Å²) < 4.78 is 23.3. The van der Waals surface area contributed by atoms with Crippen molar-refractivity contribution in [3.05, 3.63) is 28.8 Å². The van der Waals surface area contributed by atoms with Gasteiger partial charge in [-0.1, -0.05) is 24.6 Å². The zero-order valence-corrected chi connectivity index (χ0v) is 11.0. The molecule has 0 bridgehead atoms. The molecule has 0 aliphatic rings. The van der Waals surface area contributed by atoms with Crippen LogP contribution >= 0.6 is 11.6 Å². The van der Waals surface area contributed by atoms with Crippen LogP contribution in [0.2, 0.25) is 5.02 Å². The van der Waals surface area contributed by atoms with E-state index in [2.05, 4.69) is 0 Å². The molecular formula is C11H13ClO4S. The average Bonchev–Trinajstić information content (AvgIpc) is 2.27. The van der Waals surface area contributed by atoms with Gasteiger partial charge in [-0.25, -0.2) is 8.42 Å². The summed E-state index contributed by atoms with van der Waals surface area (Å²) in [6.45, 7) is 3.04. The van der Waals surface area contributed by atoms with Crippen LogP contribution in [0.1, 0.15) is 25.3 Å². The standard InChI is InChI=1S/C11H13ClO4S/c1-3-17(15,16)10-5-4-8(6-9(10)12)7(2)11(13)14/h4-7H,3H2,1-2H3,(H,13,14). The number of aliphatic carboxylic acids is 1. The zero-order valence-electron chi connectivity index (χ0n) is 9.47. The SMILES string of the molecule is CCS(=O)(=O)c1ccc(C(C)C(=O)O)cc1Cl. The minimum atomic E-state index is -3.37. The van der Waals surface area contributed by atoms with Gasteiger partial charge in [0.1, 0.15) is 0 Å². The highest BCUT2D eigenvalue weighted by Crippen LogP contribution is 2.27. The minimum Gasteiger partial charge on any atom is -0.481 e. The largest absolute Gasteiger partial charge is 0.481 e. The number of hydrogen-bond acceptors (Lipinski definition) is 3. The second-order valence-electron chi connectivity index (χ2n) is 3.65. The number of hydrogen-bond donors (Lipinski definition) is 1. The number of carboxylic acid groups (broad SMARTS) is 1. The summed E-state index contributed by atoms with van der Waals surface area (Å²) >= 11 is 5.87. The number of halogens is 1. The lowest BCUT2D eigenvalue weighted by Gasteiger charge is -2.09. The smallest absolute Gasteiger partial charge is 0.310 e. The van der Waals surface area contributed by atoms with Crippen molar-refractivity contribution in [3.8, 4) is 0 Å². The van der Waals surface area contributed by atoms with E-state index in [0.29, 0.717) is 5.56 Å². The number of rotatable bonds is 4. The molecule has 0 aliphatic carbocycles. The van der Waals surface area contributed by atoms with Gasteiger partial charge in [-0.2, -0.15) is 0 Å². The van der Waals surface area contributed by atoms with E-state index < -0.39 is 21.7 Å². The van der Waals surface area contributed by atoms with E-state index in [1.54, 1.807) is 0 Å². The quantitative estimate of drug-likeness (QED) is 0.916. The van der Waals surface area contributed by atoms with E-state index in [-0.39, 0.29) is 15.7 Å². The molecule has 0 heterocycles. The van der Waals surface area contributed by atoms with Crippen LogP contribution in [0, 0.1) is 0 Å². The fraction of sp³-hybridized carbons (Fsp3) is 0.364. The van der Waals surface area contributed by atoms with Crippen LogP contribution in [0.15, 0.2) is 23.1 Å². The fourth-order valence-electron chi connectivity index (χ4n) is 1.34. The Bertz CT molecular complexity index is 536. The molecule has 1 unspecified atom stereocenters. The highest BCUT2D eigenvalue weighted by molar-refractivity contribution is 7.91. The van der Waals surface area contributed by atoms with Crippen LogP contribution < -0.4 is 0 Å². The van der Waals surface area contributed by atoms with Gasteiger partial charge in [-0.05, 0) is 24.6 Å². The van der Waals surface area contributed by atoms with Gasteiger partial charge < -0.3 is 5.11 Å². The maximum atomic E-state index is 11.6. The average molecular weight is 277 g/mol. The fourth-order valence-corrected chi connectivity index (χ4v) is 2.82. The van der Waals surface area contributed by atoms with Gasteiger partial charge in [0.05, 0.1) is 21.6 Å². The minimum absolute atomic E-state index is 0.0411. The van der Waals surface area contributed by atoms with Crippen LogP contribution in [-0.2, 0) is 14.6 Å². The first kappa shape index (κ1) is 14.0. The number of sulfone groups is 1. The van der Waals surface area contributed by atoms with E-state index in [9.17, 15) is 13.2 Å². The highest BCUT2D eigenvalue weighted by Gasteiger charge is 2.19. The molecule has 6 heteroatoms. The summed E-state index contributed by atoms with van der Waals surface area (Å²) in [7, 11) is -3.37.